The van der Waals surface area contributed by atoms with Crippen LogP contribution in [-0.4, -0.2) is 46.8 Å². The summed E-state index contributed by atoms with van der Waals surface area (Å²) in [6.07, 6.45) is -1.34. The lowest BCUT2D eigenvalue weighted by molar-refractivity contribution is -0.141. The minimum atomic E-state index is -4.49. The number of hydrogen-bond donors (Lipinski definition) is 1. The zero-order valence-electron chi connectivity index (χ0n) is 15.2. The van der Waals surface area contributed by atoms with Gasteiger partial charge in [0.05, 0.1) is 5.69 Å². The number of halogens is 3. The van der Waals surface area contributed by atoms with Gasteiger partial charge in [-0.15, -0.1) is 0 Å². The van der Waals surface area contributed by atoms with Crippen molar-refractivity contribution >= 4 is 5.91 Å². The number of piperidine rings is 1. The SMILES string of the molecule is CCNCC1CCN(C(=O)c2cccc(-n3ccc(C(F)(F)F)n3)c2)CC1. The first kappa shape index (κ1) is 19.4. The van der Waals surface area contributed by atoms with Gasteiger partial charge in [0.25, 0.3) is 5.91 Å². The molecule has 146 valence electrons. The van der Waals surface area contributed by atoms with E-state index in [0.29, 0.717) is 30.3 Å². The predicted octanol–water partition coefficient (Wildman–Crippen LogP) is 3.35. The third-order valence-corrected chi connectivity index (χ3v) is 4.82. The normalized spacial score (nSPS) is 15.9. The van der Waals surface area contributed by atoms with Gasteiger partial charge in [0.15, 0.2) is 5.69 Å². The second-order valence-corrected chi connectivity index (χ2v) is 6.74. The summed E-state index contributed by atoms with van der Waals surface area (Å²) >= 11 is 0. The zero-order chi connectivity index (χ0) is 19.4. The Hall–Kier alpha value is -2.35. The van der Waals surface area contributed by atoms with Crippen molar-refractivity contribution in [2.45, 2.75) is 25.9 Å². The van der Waals surface area contributed by atoms with Crippen LogP contribution < -0.4 is 5.32 Å². The number of rotatable bonds is 5. The lowest BCUT2D eigenvalue weighted by Crippen LogP contribution is -2.40. The van der Waals surface area contributed by atoms with Gasteiger partial charge in [-0.25, -0.2) is 4.68 Å². The second-order valence-electron chi connectivity index (χ2n) is 6.74. The Labute approximate surface area is 156 Å². The molecule has 27 heavy (non-hydrogen) atoms. The monoisotopic (exact) mass is 380 g/mol. The number of nitrogens with zero attached hydrogens (tertiary/aromatic N) is 3. The summed E-state index contributed by atoms with van der Waals surface area (Å²) in [6.45, 7) is 5.37. The fraction of sp³-hybridized carbons (Fsp3) is 0.474. The highest BCUT2D eigenvalue weighted by Crippen LogP contribution is 2.28. The number of nitrogens with one attached hydrogen (secondary N) is 1. The van der Waals surface area contributed by atoms with Crippen molar-refractivity contribution in [2.24, 2.45) is 5.92 Å². The summed E-state index contributed by atoms with van der Waals surface area (Å²) in [6, 6.07) is 7.48. The van der Waals surface area contributed by atoms with Crippen molar-refractivity contribution in [1.82, 2.24) is 20.0 Å². The maximum absolute atomic E-state index is 12.8. The molecule has 1 saturated heterocycles. The van der Waals surface area contributed by atoms with Crippen molar-refractivity contribution in [3.05, 3.63) is 47.8 Å². The highest BCUT2D eigenvalue weighted by molar-refractivity contribution is 5.94. The molecule has 2 aromatic rings. The van der Waals surface area contributed by atoms with Crippen molar-refractivity contribution in [3.63, 3.8) is 0 Å². The van der Waals surface area contributed by atoms with E-state index in [9.17, 15) is 18.0 Å². The van der Waals surface area contributed by atoms with E-state index in [1.54, 1.807) is 24.3 Å². The van der Waals surface area contributed by atoms with E-state index in [0.717, 1.165) is 36.7 Å². The standard InChI is InChI=1S/C19H23F3N4O/c1-2-23-13-14-6-9-25(10-7-14)18(27)15-4-3-5-16(12-15)26-11-8-17(24-26)19(20,21)22/h3-5,8,11-12,14,23H,2,6-7,9-10,13H2,1H3. The van der Waals surface area contributed by atoms with Crippen LogP contribution >= 0.6 is 0 Å². The number of carbonyl (C=O) groups excluding carboxylic acids is 1. The van der Waals surface area contributed by atoms with Gasteiger partial charge in [-0.05, 0) is 56.1 Å². The molecule has 0 bridgehead atoms. The molecule has 0 atom stereocenters. The fourth-order valence-electron chi connectivity index (χ4n) is 3.27. The van der Waals surface area contributed by atoms with Crippen molar-refractivity contribution < 1.29 is 18.0 Å². The maximum atomic E-state index is 12.8. The molecule has 1 aromatic heterocycles. The smallest absolute Gasteiger partial charge is 0.339 e. The van der Waals surface area contributed by atoms with Crippen LogP contribution in [0.25, 0.3) is 5.69 Å². The van der Waals surface area contributed by atoms with Gasteiger partial charge in [-0.1, -0.05) is 13.0 Å². The lowest BCUT2D eigenvalue weighted by Gasteiger charge is -2.32. The second kappa shape index (κ2) is 8.12. The van der Waals surface area contributed by atoms with Gasteiger partial charge in [0.2, 0.25) is 0 Å². The van der Waals surface area contributed by atoms with Crippen molar-refractivity contribution in [1.29, 1.82) is 0 Å². The summed E-state index contributed by atoms with van der Waals surface area (Å²) in [5.41, 5.74) is -0.0675. The first-order valence-electron chi connectivity index (χ1n) is 9.11. The fourth-order valence-corrected chi connectivity index (χ4v) is 3.27. The zero-order valence-corrected chi connectivity index (χ0v) is 15.2. The van der Waals surface area contributed by atoms with Gasteiger partial charge < -0.3 is 10.2 Å². The average molecular weight is 380 g/mol. The van der Waals surface area contributed by atoms with Gasteiger partial charge in [0, 0.05) is 24.8 Å². The molecule has 1 N–H and O–H groups in total. The molecule has 0 aliphatic carbocycles. The quantitative estimate of drug-likeness (QED) is 0.866. The molecule has 0 spiro atoms. The van der Waals surface area contributed by atoms with Crippen molar-refractivity contribution in [3.8, 4) is 5.69 Å². The Morgan fingerprint density at radius 1 is 1.26 bits per heavy atom. The topological polar surface area (TPSA) is 50.2 Å². The first-order valence-corrected chi connectivity index (χ1v) is 9.11. The molecule has 0 saturated carbocycles. The van der Waals surface area contributed by atoms with E-state index in [1.165, 1.54) is 6.20 Å². The lowest BCUT2D eigenvalue weighted by atomic mass is 9.96. The molecule has 1 amide bonds. The van der Waals surface area contributed by atoms with Crippen LogP contribution in [0.4, 0.5) is 13.2 Å². The van der Waals surface area contributed by atoms with Crippen LogP contribution in [0.1, 0.15) is 35.8 Å². The largest absolute Gasteiger partial charge is 0.435 e. The molecule has 1 aliphatic rings. The highest BCUT2D eigenvalue weighted by atomic mass is 19.4. The Morgan fingerprint density at radius 3 is 2.63 bits per heavy atom. The van der Waals surface area contributed by atoms with E-state index in [2.05, 4.69) is 17.3 Å². The van der Waals surface area contributed by atoms with Gasteiger partial charge in [0.1, 0.15) is 0 Å². The van der Waals surface area contributed by atoms with Crippen LogP contribution in [0.3, 0.4) is 0 Å². The Kier molecular flexibility index (Phi) is 5.84. The third-order valence-electron chi connectivity index (χ3n) is 4.82. The maximum Gasteiger partial charge on any atom is 0.435 e. The van der Waals surface area contributed by atoms with Gasteiger partial charge >= 0.3 is 6.18 Å². The van der Waals surface area contributed by atoms with E-state index >= 15 is 0 Å². The highest BCUT2D eigenvalue weighted by Gasteiger charge is 2.33. The number of hydrogen-bond acceptors (Lipinski definition) is 3. The molecule has 8 heteroatoms. The number of likely N-dealkylation sites (tertiary alicyclic amines) is 1. The molecule has 1 aliphatic heterocycles. The predicted molar refractivity (Wildman–Crippen MR) is 95.7 cm³/mol. The third kappa shape index (κ3) is 4.68. The number of benzene rings is 1. The molecule has 2 heterocycles. The summed E-state index contributed by atoms with van der Waals surface area (Å²) in [4.78, 5) is 14.6. The first-order chi connectivity index (χ1) is 12.9. The van der Waals surface area contributed by atoms with Crippen LogP contribution in [0.2, 0.25) is 0 Å². The number of amides is 1. The Morgan fingerprint density at radius 2 is 2.00 bits per heavy atom. The molecular weight excluding hydrogens is 357 g/mol. The van der Waals surface area contributed by atoms with Crippen LogP contribution in [-0.2, 0) is 6.18 Å². The Bertz CT molecular complexity index is 779. The van der Waals surface area contributed by atoms with Gasteiger partial charge in [-0.2, -0.15) is 18.3 Å². The van der Waals surface area contributed by atoms with E-state index in [-0.39, 0.29) is 5.91 Å². The molecule has 0 unspecified atom stereocenters. The van der Waals surface area contributed by atoms with E-state index in [4.69, 9.17) is 0 Å². The average Bonchev–Trinajstić information content (AvgIpc) is 3.17. The van der Waals surface area contributed by atoms with E-state index < -0.39 is 11.9 Å². The minimum Gasteiger partial charge on any atom is -0.339 e. The van der Waals surface area contributed by atoms with E-state index in [1.807, 2.05) is 4.90 Å². The Balaban J connectivity index is 1.69. The van der Waals surface area contributed by atoms with Crippen LogP contribution in [0.15, 0.2) is 36.5 Å². The number of alkyl halides is 3. The summed E-state index contributed by atoms with van der Waals surface area (Å²) in [7, 11) is 0. The van der Waals surface area contributed by atoms with Crippen LogP contribution in [0.5, 0.6) is 0 Å². The molecular formula is C19H23F3N4O. The molecule has 3 rings (SSSR count). The minimum absolute atomic E-state index is 0.0954. The summed E-state index contributed by atoms with van der Waals surface area (Å²) in [5, 5.41) is 6.90. The number of aromatic nitrogens is 2. The summed E-state index contributed by atoms with van der Waals surface area (Å²) < 4.78 is 39.3. The van der Waals surface area contributed by atoms with Crippen LogP contribution in [0, 0.1) is 5.92 Å². The van der Waals surface area contributed by atoms with Gasteiger partial charge in [-0.3, -0.25) is 4.79 Å². The summed E-state index contributed by atoms with van der Waals surface area (Å²) in [5.74, 6) is 0.479. The van der Waals surface area contributed by atoms with Crippen molar-refractivity contribution in [2.75, 3.05) is 26.2 Å². The molecule has 1 fully saturated rings. The molecule has 1 aromatic carbocycles. The molecule has 0 radical (unpaired) electrons. The molecule has 5 nitrogen and oxygen atoms in total. The number of carbonyl (C=O) groups is 1.